The lowest BCUT2D eigenvalue weighted by atomic mass is 10.0. The number of hydrogen-bond acceptors (Lipinski definition) is 2. The molecule has 0 saturated heterocycles. The zero-order valence-corrected chi connectivity index (χ0v) is 7.85. The Hall–Kier alpha value is -0.770. The topological polar surface area (TPSA) is 62.4 Å². The van der Waals surface area contributed by atoms with E-state index in [1.54, 1.807) is 7.05 Å². The molecule has 4 nitrogen and oxygen atoms in total. The fourth-order valence-electron chi connectivity index (χ4n) is 1.72. The largest absolute Gasteiger partial charge is 0.350 e. The minimum absolute atomic E-state index is 0.196. The van der Waals surface area contributed by atoms with Crippen LogP contribution in [0, 0.1) is 0 Å². The van der Waals surface area contributed by atoms with E-state index < -0.39 is 0 Å². The summed E-state index contributed by atoms with van der Waals surface area (Å²) in [5.41, 5.74) is 2.74. The molecule has 0 amide bonds. The molecule has 1 fully saturated rings. The normalized spacial score (nSPS) is 22.4. The maximum atomic E-state index is 5.28. The van der Waals surface area contributed by atoms with Gasteiger partial charge in [0.25, 0.3) is 0 Å². The Morgan fingerprint density at radius 3 is 2.42 bits per heavy atom. The monoisotopic (exact) mass is 170 g/mol. The molecule has 0 spiro atoms. The van der Waals surface area contributed by atoms with Gasteiger partial charge in [-0.05, 0) is 19.8 Å². The Balaban J connectivity index is 2.48. The molecule has 4 heteroatoms. The highest BCUT2D eigenvalue weighted by Crippen LogP contribution is 2.28. The fourth-order valence-corrected chi connectivity index (χ4v) is 1.72. The lowest BCUT2D eigenvalue weighted by Crippen LogP contribution is -2.51. The molecule has 0 aliphatic heterocycles. The molecular weight excluding hydrogens is 152 g/mol. The average molecular weight is 170 g/mol. The van der Waals surface area contributed by atoms with Crippen LogP contribution in [0.1, 0.15) is 32.6 Å². The van der Waals surface area contributed by atoms with Crippen molar-refractivity contribution in [3.8, 4) is 0 Å². The number of nitrogens with one attached hydrogen (secondary N) is 2. The molecule has 0 atom stereocenters. The molecule has 4 N–H and O–H groups in total. The van der Waals surface area contributed by atoms with Crippen molar-refractivity contribution in [3.05, 3.63) is 0 Å². The Morgan fingerprint density at radius 1 is 1.42 bits per heavy atom. The van der Waals surface area contributed by atoms with Gasteiger partial charge in [0.15, 0.2) is 0 Å². The molecule has 0 heterocycles. The predicted molar refractivity (Wildman–Crippen MR) is 50.7 cm³/mol. The van der Waals surface area contributed by atoms with Gasteiger partial charge >= 0.3 is 0 Å². The van der Waals surface area contributed by atoms with E-state index in [4.69, 9.17) is 5.84 Å². The summed E-state index contributed by atoms with van der Waals surface area (Å²) in [4.78, 5) is 3.98. The van der Waals surface area contributed by atoms with Gasteiger partial charge in [-0.3, -0.25) is 10.4 Å². The van der Waals surface area contributed by atoms with E-state index in [0.29, 0.717) is 5.96 Å². The number of nitrogens with two attached hydrogens (primary N) is 1. The van der Waals surface area contributed by atoms with Crippen molar-refractivity contribution in [1.29, 1.82) is 0 Å². The van der Waals surface area contributed by atoms with Gasteiger partial charge in [-0.25, -0.2) is 5.84 Å². The number of hydrogen-bond donors (Lipinski definition) is 3. The van der Waals surface area contributed by atoms with Crippen molar-refractivity contribution in [1.82, 2.24) is 10.7 Å². The van der Waals surface area contributed by atoms with Crippen LogP contribution >= 0.6 is 0 Å². The summed E-state index contributed by atoms with van der Waals surface area (Å²) in [5.74, 6) is 5.96. The van der Waals surface area contributed by atoms with Crippen molar-refractivity contribution in [2.24, 2.45) is 10.8 Å². The third-order valence-corrected chi connectivity index (χ3v) is 2.49. The highest BCUT2D eigenvalue weighted by atomic mass is 15.3. The molecule has 0 bridgehead atoms. The second kappa shape index (κ2) is 3.76. The van der Waals surface area contributed by atoms with Crippen molar-refractivity contribution < 1.29 is 0 Å². The van der Waals surface area contributed by atoms with Gasteiger partial charge in [-0.1, -0.05) is 12.8 Å². The van der Waals surface area contributed by atoms with E-state index in [1.807, 2.05) is 0 Å². The molecule has 0 aromatic heterocycles. The number of hydrazine groups is 1. The third-order valence-electron chi connectivity index (χ3n) is 2.49. The van der Waals surface area contributed by atoms with Crippen molar-refractivity contribution in [3.63, 3.8) is 0 Å². The quantitative estimate of drug-likeness (QED) is 0.230. The second-order valence-electron chi connectivity index (χ2n) is 3.61. The minimum atomic E-state index is 0.196. The lowest BCUT2D eigenvalue weighted by Gasteiger charge is -2.26. The fraction of sp³-hybridized carbons (Fsp3) is 0.875. The Bertz CT molecular complexity index is 170. The first kappa shape index (κ1) is 9.32. The summed E-state index contributed by atoms with van der Waals surface area (Å²) in [6.07, 6.45) is 5.00. The van der Waals surface area contributed by atoms with Gasteiger partial charge in [0.2, 0.25) is 5.96 Å². The maximum absolute atomic E-state index is 5.28. The van der Waals surface area contributed by atoms with Crippen molar-refractivity contribution in [2.75, 3.05) is 7.05 Å². The minimum Gasteiger partial charge on any atom is -0.350 e. The van der Waals surface area contributed by atoms with Crippen LogP contribution in [0.25, 0.3) is 0 Å². The number of aliphatic imine (C=N–C) groups is 1. The third kappa shape index (κ3) is 2.11. The first-order valence-corrected chi connectivity index (χ1v) is 4.42. The molecule has 1 aliphatic rings. The molecule has 0 radical (unpaired) electrons. The van der Waals surface area contributed by atoms with Gasteiger partial charge in [-0.2, -0.15) is 0 Å². The van der Waals surface area contributed by atoms with Crippen LogP contribution in [0.4, 0.5) is 0 Å². The van der Waals surface area contributed by atoms with Crippen LogP contribution in [0.3, 0.4) is 0 Å². The first-order valence-electron chi connectivity index (χ1n) is 4.42. The Kier molecular flexibility index (Phi) is 2.92. The number of guanidine groups is 1. The van der Waals surface area contributed by atoms with E-state index in [2.05, 4.69) is 22.7 Å². The van der Waals surface area contributed by atoms with Crippen LogP contribution in [0.15, 0.2) is 4.99 Å². The van der Waals surface area contributed by atoms with Crippen LogP contribution in [0.5, 0.6) is 0 Å². The van der Waals surface area contributed by atoms with E-state index in [0.717, 1.165) is 0 Å². The van der Waals surface area contributed by atoms with Gasteiger partial charge < -0.3 is 5.32 Å². The van der Waals surface area contributed by atoms with Crippen LogP contribution in [0.2, 0.25) is 0 Å². The molecule has 1 saturated carbocycles. The highest BCUT2D eigenvalue weighted by Gasteiger charge is 2.28. The average Bonchev–Trinajstić information content (AvgIpc) is 2.48. The van der Waals surface area contributed by atoms with Gasteiger partial charge in [0.1, 0.15) is 0 Å². The summed E-state index contributed by atoms with van der Waals surface area (Å²) in [7, 11) is 1.72. The van der Waals surface area contributed by atoms with Gasteiger partial charge in [-0.15, -0.1) is 0 Å². The smallest absolute Gasteiger partial charge is 0.205 e. The van der Waals surface area contributed by atoms with Crippen molar-refractivity contribution in [2.45, 2.75) is 38.1 Å². The molecule has 12 heavy (non-hydrogen) atoms. The van der Waals surface area contributed by atoms with Crippen LogP contribution in [-0.4, -0.2) is 18.5 Å². The van der Waals surface area contributed by atoms with E-state index in [-0.39, 0.29) is 5.54 Å². The van der Waals surface area contributed by atoms with E-state index in [1.165, 1.54) is 25.7 Å². The Labute approximate surface area is 73.6 Å². The van der Waals surface area contributed by atoms with Gasteiger partial charge in [0.05, 0.1) is 0 Å². The second-order valence-corrected chi connectivity index (χ2v) is 3.61. The SMILES string of the molecule is CN=C(NN)NC1(C)CCCC1. The number of nitrogens with zero attached hydrogens (tertiary/aromatic N) is 1. The standard InChI is InChI=1S/C8H18N4/c1-8(5-3-4-6-8)11-7(10-2)12-9/h3-6,9H2,1-2H3,(H2,10,11,12). The molecule has 0 unspecified atom stereocenters. The summed E-state index contributed by atoms with van der Waals surface area (Å²) < 4.78 is 0. The summed E-state index contributed by atoms with van der Waals surface area (Å²) in [6.45, 7) is 2.21. The van der Waals surface area contributed by atoms with Gasteiger partial charge in [0, 0.05) is 12.6 Å². The zero-order chi connectivity index (χ0) is 9.03. The molecule has 1 aliphatic carbocycles. The summed E-state index contributed by atoms with van der Waals surface area (Å²) in [5, 5.41) is 3.31. The van der Waals surface area contributed by atoms with Crippen molar-refractivity contribution >= 4 is 5.96 Å². The number of rotatable bonds is 1. The molecule has 70 valence electrons. The predicted octanol–water partition coefficient (Wildman–Crippen LogP) is 0.358. The molecule has 1 rings (SSSR count). The first-order chi connectivity index (χ1) is 5.70. The zero-order valence-electron chi connectivity index (χ0n) is 7.85. The van der Waals surface area contributed by atoms with E-state index in [9.17, 15) is 0 Å². The molecule has 0 aromatic carbocycles. The highest BCUT2D eigenvalue weighted by molar-refractivity contribution is 5.79. The summed E-state index contributed by atoms with van der Waals surface area (Å²) >= 11 is 0. The molecular formula is C8H18N4. The summed E-state index contributed by atoms with van der Waals surface area (Å²) in [6, 6.07) is 0. The van der Waals surface area contributed by atoms with Crippen LogP contribution in [-0.2, 0) is 0 Å². The maximum Gasteiger partial charge on any atom is 0.205 e. The lowest BCUT2D eigenvalue weighted by molar-refractivity contribution is 0.425. The molecule has 0 aromatic rings. The van der Waals surface area contributed by atoms with E-state index >= 15 is 0 Å². The van der Waals surface area contributed by atoms with Crippen LogP contribution < -0.4 is 16.6 Å². The Morgan fingerprint density at radius 2 is 2.00 bits per heavy atom.